The Morgan fingerprint density at radius 2 is 2.07 bits per heavy atom. The lowest BCUT2D eigenvalue weighted by atomic mass is 10.2. The van der Waals surface area contributed by atoms with Crippen LogP contribution in [0.4, 0.5) is 0 Å². The number of nitrogens with zero attached hydrogens (tertiary/aromatic N) is 3. The van der Waals surface area contributed by atoms with E-state index in [2.05, 4.69) is 9.71 Å². The molecule has 1 N–H and O–H groups in total. The summed E-state index contributed by atoms with van der Waals surface area (Å²) in [5, 5.41) is 1.04. The molecule has 0 aliphatic carbocycles. The van der Waals surface area contributed by atoms with Crippen LogP contribution >= 0.6 is 22.9 Å². The molecule has 2 saturated heterocycles. The maximum atomic E-state index is 12.8. The fourth-order valence-electron chi connectivity index (χ4n) is 3.64. The molecular formula is C18H21ClN4O5S2. The average molecular weight is 473 g/mol. The van der Waals surface area contributed by atoms with Gasteiger partial charge in [0.1, 0.15) is 21.1 Å². The number of amides is 2. The van der Waals surface area contributed by atoms with E-state index < -0.39 is 28.0 Å². The number of thiophene rings is 1. The van der Waals surface area contributed by atoms with Crippen molar-refractivity contribution < 1.29 is 22.7 Å². The summed E-state index contributed by atoms with van der Waals surface area (Å²) >= 11 is 6.93. The van der Waals surface area contributed by atoms with Crippen LogP contribution < -0.4 is 4.72 Å². The van der Waals surface area contributed by atoms with E-state index in [1.165, 1.54) is 17.2 Å². The second-order valence-corrected chi connectivity index (χ2v) is 10.6. The van der Waals surface area contributed by atoms with Gasteiger partial charge in [0.25, 0.3) is 10.0 Å². The molecular weight excluding hydrogens is 452 g/mol. The van der Waals surface area contributed by atoms with E-state index in [0.717, 1.165) is 11.3 Å². The van der Waals surface area contributed by atoms with Crippen LogP contribution in [0, 0.1) is 0 Å². The third kappa shape index (κ3) is 4.17. The molecule has 12 heteroatoms. The molecule has 2 aliphatic rings. The maximum absolute atomic E-state index is 12.8. The van der Waals surface area contributed by atoms with Crippen molar-refractivity contribution in [2.45, 2.75) is 29.6 Å². The summed E-state index contributed by atoms with van der Waals surface area (Å²) in [5.74, 6) is -0.544. The summed E-state index contributed by atoms with van der Waals surface area (Å²) in [6.45, 7) is 3.92. The summed E-state index contributed by atoms with van der Waals surface area (Å²) in [5.41, 5.74) is 0. The van der Waals surface area contributed by atoms with Crippen molar-refractivity contribution in [3.8, 4) is 0 Å². The number of rotatable bonds is 5. The third-order valence-electron chi connectivity index (χ3n) is 5.27. The normalized spacial score (nSPS) is 21.4. The van der Waals surface area contributed by atoms with Crippen LogP contribution in [0.1, 0.15) is 13.3 Å². The van der Waals surface area contributed by atoms with Crippen molar-refractivity contribution in [1.29, 1.82) is 0 Å². The molecule has 2 fully saturated rings. The van der Waals surface area contributed by atoms with E-state index in [9.17, 15) is 18.0 Å². The number of nitrogens with one attached hydrogen (secondary N) is 1. The summed E-state index contributed by atoms with van der Waals surface area (Å²) < 4.78 is 33.5. The highest BCUT2D eigenvalue weighted by atomic mass is 35.5. The van der Waals surface area contributed by atoms with Gasteiger partial charge in [-0.3, -0.25) is 9.59 Å². The predicted molar refractivity (Wildman–Crippen MR) is 112 cm³/mol. The fourth-order valence-corrected chi connectivity index (χ4v) is 6.33. The lowest BCUT2D eigenvalue weighted by Gasteiger charge is -2.32. The number of halogens is 1. The van der Waals surface area contributed by atoms with Crippen molar-refractivity contribution in [2.24, 2.45) is 0 Å². The highest BCUT2D eigenvalue weighted by Crippen LogP contribution is 2.29. The zero-order chi connectivity index (χ0) is 21.5. The molecule has 30 heavy (non-hydrogen) atoms. The summed E-state index contributed by atoms with van der Waals surface area (Å²) in [6.07, 6.45) is 1.75. The minimum absolute atomic E-state index is 0.0657. The van der Waals surface area contributed by atoms with Crippen LogP contribution in [0.3, 0.4) is 0 Å². The number of hydrogen-bond donors (Lipinski definition) is 1. The molecule has 9 nitrogen and oxygen atoms in total. The van der Waals surface area contributed by atoms with Crippen LogP contribution in [-0.2, 0) is 24.3 Å². The third-order valence-corrected chi connectivity index (χ3v) is 8.48. The molecule has 2 aliphatic heterocycles. The Balaban J connectivity index is 1.45. The monoisotopic (exact) mass is 472 g/mol. The molecule has 162 valence electrons. The molecule has 0 radical (unpaired) electrons. The van der Waals surface area contributed by atoms with E-state index in [4.69, 9.17) is 16.3 Å². The minimum Gasteiger partial charge on any atom is -0.378 e. The Kier molecular flexibility index (Phi) is 5.99. The minimum atomic E-state index is -3.92. The first kappa shape index (κ1) is 21.4. The number of carbonyl (C=O) groups is 2. The van der Waals surface area contributed by atoms with Gasteiger partial charge in [0.2, 0.25) is 11.8 Å². The zero-order valence-electron chi connectivity index (χ0n) is 16.2. The zero-order valence-corrected chi connectivity index (χ0v) is 18.6. The number of likely N-dealkylation sites (tertiary alicyclic amines) is 1. The second-order valence-electron chi connectivity index (χ2n) is 7.22. The topological polar surface area (TPSA) is 109 Å². The van der Waals surface area contributed by atoms with Crippen molar-refractivity contribution in [3.63, 3.8) is 0 Å². The predicted octanol–water partition coefficient (Wildman–Crippen LogP) is 1.08. The molecule has 2 atom stereocenters. The van der Waals surface area contributed by atoms with Crippen molar-refractivity contribution in [2.75, 3.05) is 32.8 Å². The molecule has 2 amide bonds. The number of hydrogen-bond acceptors (Lipinski definition) is 7. The number of morpholine rings is 1. The number of carbonyl (C=O) groups excluding carboxylic acids is 2. The van der Waals surface area contributed by atoms with Gasteiger partial charge in [0.05, 0.1) is 18.2 Å². The number of pyridine rings is 1. The number of ether oxygens (including phenoxy) is 1. The number of sulfonamides is 1. The highest BCUT2D eigenvalue weighted by Gasteiger charge is 2.40. The Morgan fingerprint density at radius 3 is 2.80 bits per heavy atom. The lowest BCUT2D eigenvalue weighted by molar-refractivity contribution is -0.146. The first-order chi connectivity index (χ1) is 14.3. The van der Waals surface area contributed by atoms with Gasteiger partial charge in [0.15, 0.2) is 0 Å². The van der Waals surface area contributed by atoms with Crippen molar-refractivity contribution >= 4 is 55.0 Å². The van der Waals surface area contributed by atoms with Crippen molar-refractivity contribution in [3.05, 3.63) is 23.4 Å². The Morgan fingerprint density at radius 1 is 1.33 bits per heavy atom. The van der Waals surface area contributed by atoms with Gasteiger partial charge < -0.3 is 14.5 Å². The molecule has 0 bridgehead atoms. The van der Waals surface area contributed by atoms with Gasteiger partial charge >= 0.3 is 0 Å². The van der Waals surface area contributed by atoms with Gasteiger partial charge in [0, 0.05) is 31.2 Å². The van der Waals surface area contributed by atoms with E-state index in [0.29, 0.717) is 54.5 Å². The quantitative estimate of drug-likeness (QED) is 0.697. The molecule has 4 rings (SSSR count). The first-order valence-electron chi connectivity index (χ1n) is 9.51. The summed E-state index contributed by atoms with van der Waals surface area (Å²) in [7, 11) is -3.92. The SMILES string of the molecule is C[C@@H](C(=O)N1CCOCC1)N1CC[C@H](NS(=O)(=O)c2cc3cc(Cl)cnc3s2)C1=O. The van der Waals surface area contributed by atoms with Crippen LogP contribution in [0.25, 0.3) is 10.2 Å². The van der Waals surface area contributed by atoms with Crippen LogP contribution in [-0.4, -0.2) is 79.9 Å². The maximum Gasteiger partial charge on any atom is 0.250 e. The van der Waals surface area contributed by atoms with Crippen molar-refractivity contribution in [1.82, 2.24) is 19.5 Å². The number of fused-ring (bicyclic) bond motifs is 1. The molecule has 0 unspecified atom stereocenters. The van der Waals surface area contributed by atoms with Crippen LogP contribution in [0.5, 0.6) is 0 Å². The van der Waals surface area contributed by atoms with E-state index in [-0.39, 0.29) is 10.1 Å². The van der Waals surface area contributed by atoms with Gasteiger partial charge in [-0.1, -0.05) is 11.6 Å². The van der Waals surface area contributed by atoms with E-state index >= 15 is 0 Å². The smallest absolute Gasteiger partial charge is 0.250 e. The van der Waals surface area contributed by atoms with Gasteiger partial charge in [-0.05, 0) is 25.5 Å². The number of aromatic nitrogens is 1. The molecule has 0 saturated carbocycles. The van der Waals surface area contributed by atoms with Gasteiger partial charge in [-0.25, -0.2) is 13.4 Å². The highest BCUT2D eigenvalue weighted by molar-refractivity contribution is 7.91. The standard InChI is InChI=1S/C18H21ClN4O5S2/c1-11(17(24)22-4-6-28-7-5-22)23-3-2-14(18(23)25)21-30(26,27)15-9-12-8-13(19)10-20-16(12)29-15/h8-11,14,21H,2-7H2,1H3/t11-,14-/m0/s1. The lowest BCUT2D eigenvalue weighted by Crippen LogP contribution is -2.52. The van der Waals surface area contributed by atoms with E-state index in [1.54, 1.807) is 17.9 Å². The Labute approximate surface area is 183 Å². The van der Waals surface area contributed by atoms with Gasteiger partial charge in [-0.2, -0.15) is 4.72 Å². The molecule has 2 aromatic heterocycles. The fraction of sp³-hybridized carbons (Fsp3) is 0.500. The Bertz CT molecular complexity index is 1080. The van der Waals surface area contributed by atoms with E-state index in [1.807, 2.05) is 0 Å². The van der Waals surface area contributed by atoms with Gasteiger partial charge in [-0.15, -0.1) is 11.3 Å². The molecule has 0 spiro atoms. The summed E-state index contributed by atoms with van der Waals surface area (Å²) in [4.78, 5) is 33.3. The molecule has 4 heterocycles. The largest absolute Gasteiger partial charge is 0.378 e. The summed E-state index contributed by atoms with van der Waals surface area (Å²) in [6, 6.07) is 1.57. The Hall–Kier alpha value is -1.79. The first-order valence-corrected chi connectivity index (χ1v) is 12.2. The second kappa shape index (κ2) is 8.39. The van der Waals surface area contributed by atoms with Crippen LogP contribution in [0.15, 0.2) is 22.5 Å². The van der Waals surface area contributed by atoms with Crippen LogP contribution in [0.2, 0.25) is 5.02 Å². The average Bonchev–Trinajstić information content (AvgIpc) is 3.31. The molecule has 2 aromatic rings. The molecule has 0 aromatic carbocycles.